The van der Waals surface area contributed by atoms with Gasteiger partial charge in [-0.25, -0.2) is 0 Å². The fourth-order valence-electron chi connectivity index (χ4n) is 3.49. The molecule has 4 rings (SSSR count). The van der Waals surface area contributed by atoms with E-state index in [-0.39, 0.29) is 17.6 Å². The molecule has 1 aliphatic heterocycles. The lowest BCUT2D eigenvalue weighted by atomic mass is 9.80. The van der Waals surface area contributed by atoms with E-state index in [9.17, 15) is 15.0 Å². The number of nitrogens with one attached hydrogen (secondary N) is 1. The van der Waals surface area contributed by atoms with Crippen LogP contribution in [0.3, 0.4) is 0 Å². The third kappa shape index (κ3) is 2.32. The van der Waals surface area contributed by atoms with Gasteiger partial charge >= 0.3 is 0 Å². The standard InChI is InChI=1S/C19H17NO3/c21-13-7-8-17-15(10-13)16(19(23)20-17)9-12-6-5-11-3-1-2-4-14(11)18(12)22/h1-4,7-10,12,18,21-22H,5-6H2,(H,20,23). The number of amides is 1. The summed E-state index contributed by atoms with van der Waals surface area (Å²) in [7, 11) is 0. The molecule has 2 aromatic carbocycles. The van der Waals surface area contributed by atoms with Crippen LogP contribution >= 0.6 is 0 Å². The van der Waals surface area contributed by atoms with Gasteiger partial charge in [0.25, 0.3) is 5.91 Å². The normalized spacial score (nSPS) is 24.2. The maximum atomic E-state index is 12.2. The molecular weight excluding hydrogens is 290 g/mol. The predicted molar refractivity (Wildman–Crippen MR) is 87.9 cm³/mol. The van der Waals surface area contributed by atoms with Crippen molar-refractivity contribution in [2.75, 3.05) is 5.32 Å². The minimum absolute atomic E-state index is 0.112. The first-order chi connectivity index (χ1) is 11.1. The van der Waals surface area contributed by atoms with Crippen molar-refractivity contribution in [2.24, 2.45) is 5.92 Å². The summed E-state index contributed by atoms with van der Waals surface area (Å²) in [4.78, 5) is 12.2. The van der Waals surface area contributed by atoms with Crippen LogP contribution < -0.4 is 5.32 Å². The second-order valence-corrected chi connectivity index (χ2v) is 6.11. The zero-order valence-electron chi connectivity index (χ0n) is 12.5. The molecule has 2 aliphatic rings. The van der Waals surface area contributed by atoms with Crippen molar-refractivity contribution in [3.63, 3.8) is 0 Å². The maximum Gasteiger partial charge on any atom is 0.256 e. The molecule has 1 aliphatic carbocycles. The summed E-state index contributed by atoms with van der Waals surface area (Å²) in [5.41, 5.74) is 4.03. The number of aliphatic hydroxyl groups is 1. The number of anilines is 1. The van der Waals surface area contributed by atoms with E-state index < -0.39 is 6.10 Å². The van der Waals surface area contributed by atoms with Gasteiger partial charge in [-0.3, -0.25) is 4.79 Å². The molecule has 3 N–H and O–H groups in total. The number of benzene rings is 2. The molecule has 2 unspecified atom stereocenters. The Morgan fingerprint density at radius 2 is 2.00 bits per heavy atom. The number of aryl methyl sites for hydroxylation is 1. The molecule has 0 bridgehead atoms. The van der Waals surface area contributed by atoms with Crippen molar-refractivity contribution >= 4 is 17.2 Å². The van der Waals surface area contributed by atoms with Crippen LogP contribution in [0.25, 0.3) is 5.57 Å². The van der Waals surface area contributed by atoms with E-state index in [0.29, 0.717) is 16.8 Å². The van der Waals surface area contributed by atoms with E-state index in [1.54, 1.807) is 18.2 Å². The van der Waals surface area contributed by atoms with Crippen LogP contribution in [0.2, 0.25) is 0 Å². The lowest BCUT2D eigenvalue weighted by Crippen LogP contribution is -2.19. The van der Waals surface area contributed by atoms with Gasteiger partial charge in [0.05, 0.1) is 6.10 Å². The number of aromatic hydroxyl groups is 1. The molecule has 0 spiro atoms. The summed E-state index contributed by atoms with van der Waals surface area (Å²) in [5, 5.41) is 23.1. The van der Waals surface area contributed by atoms with Crippen LogP contribution in [0, 0.1) is 5.92 Å². The van der Waals surface area contributed by atoms with E-state index >= 15 is 0 Å². The van der Waals surface area contributed by atoms with E-state index in [1.165, 1.54) is 5.56 Å². The van der Waals surface area contributed by atoms with Gasteiger partial charge in [0.15, 0.2) is 0 Å². The first-order valence-corrected chi connectivity index (χ1v) is 7.76. The average Bonchev–Trinajstić information content (AvgIpc) is 2.86. The molecule has 0 aromatic heterocycles. The lowest BCUT2D eigenvalue weighted by molar-refractivity contribution is -0.110. The molecule has 0 saturated carbocycles. The molecule has 1 heterocycles. The molecule has 2 atom stereocenters. The minimum Gasteiger partial charge on any atom is -0.508 e. The van der Waals surface area contributed by atoms with Crippen molar-refractivity contribution in [2.45, 2.75) is 18.9 Å². The van der Waals surface area contributed by atoms with Gasteiger partial charge in [-0.15, -0.1) is 0 Å². The Bertz CT molecular complexity index is 825. The number of aliphatic hydroxyl groups excluding tert-OH is 1. The fraction of sp³-hybridized carbons (Fsp3) is 0.211. The molecule has 116 valence electrons. The summed E-state index contributed by atoms with van der Waals surface area (Å²) in [6.07, 6.45) is 2.92. The third-order valence-corrected chi connectivity index (χ3v) is 4.69. The number of phenols is 1. The largest absolute Gasteiger partial charge is 0.508 e. The summed E-state index contributed by atoms with van der Waals surface area (Å²) >= 11 is 0. The molecule has 0 saturated heterocycles. The minimum atomic E-state index is -0.610. The molecule has 0 radical (unpaired) electrons. The first kappa shape index (κ1) is 14.0. The van der Waals surface area contributed by atoms with Crippen LogP contribution in [-0.2, 0) is 11.2 Å². The van der Waals surface area contributed by atoms with E-state index in [0.717, 1.165) is 18.4 Å². The molecule has 23 heavy (non-hydrogen) atoms. The topological polar surface area (TPSA) is 69.6 Å². The zero-order chi connectivity index (χ0) is 16.0. The number of hydrogen-bond acceptors (Lipinski definition) is 3. The Labute approximate surface area is 134 Å². The van der Waals surface area contributed by atoms with Crippen molar-refractivity contribution in [1.82, 2.24) is 0 Å². The van der Waals surface area contributed by atoms with Gasteiger partial charge in [-0.05, 0) is 42.2 Å². The van der Waals surface area contributed by atoms with E-state index in [2.05, 4.69) is 5.32 Å². The van der Waals surface area contributed by atoms with Crippen LogP contribution in [0.1, 0.15) is 29.2 Å². The van der Waals surface area contributed by atoms with Gasteiger partial charge in [-0.1, -0.05) is 30.3 Å². The second-order valence-electron chi connectivity index (χ2n) is 6.11. The van der Waals surface area contributed by atoms with Gasteiger partial charge in [-0.2, -0.15) is 0 Å². The molecule has 0 fully saturated rings. The van der Waals surface area contributed by atoms with Crippen LogP contribution in [-0.4, -0.2) is 16.1 Å². The quantitative estimate of drug-likeness (QED) is 0.560. The Balaban J connectivity index is 1.72. The van der Waals surface area contributed by atoms with E-state index in [1.807, 2.05) is 30.3 Å². The molecule has 1 amide bonds. The summed E-state index contributed by atoms with van der Waals surface area (Å²) in [5.74, 6) is -0.170. The lowest BCUT2D eigenvalue weighted by Gasteiger charge is -2.28. The summed E-state index contributed by atoms with van der Waals surface area (Å²) in [6, 6.07) is 12.7. The van der Waals surface area contributed by atoms with Gasteiger partial charge < -0.3 is 15.5 Å². The van der Waals surface area contributed by atoms with Gasteiger partial charge in [0.1, 0.15) is 5.75 Å². The number of rotatable bonds is 1. The maximum absolute atomic E-state index is 12.2. The second kappa shape index (κ2) is 5.25. The van der Waals surface area contributed by atoms with Crippen molar-refractivity contribution < 1.29 is 15.0 Å². The highest BCUT2D eigenvalue weighted by atomic mass is 16.3. The monoisotopic (exact) mass is 307 g/mol. The third-order valence-electron chi connectivity index (χ3n) is 4.69. The first-order valence-electron chi connectivity index (χ1n) is 7.76. The predicted octanol–water partition coefficient (Wildman–Crippen LogP) is 3.02. The van der Waals surface area contributed by atoms with Crippen LogP contribution in [0.5, 0.6) is 5.75 Å². The number of carbonyl (C=O) groups is 1. The number of hydrogen-bond donors (Lipinski definition) is 3. The SMILES string of the molecule is O=C1Nc2ccc(O)cc2C1=CC1CCc2ccccc2C1O. The summed E-state index contributed by atoms with van der Waals surface area (Å²) in [6.45, 7) is 0. The van der Waals surface area contributed by atoms with Crippen molar-refractivity contribution in [1.29, 1.82) is 0 Å². The highest BCUT2D eigenvalue weighted by molar-refractivity contribution is 6.31. The number of carbonyl (C=O) groups excluding carboxylic acids is 1. The zero-order valence-corrected chi connectivity index (χ0v) is 12.5. The molecular formula is C19H17NO3. The number of phenolic OH excluding ortho intramolecular Hbond substituents is 1. The van der Waals surface area contributed by atoms with E-state index in [4.69, 9.17) is 0 Å². The van der Waals surface area contributed by atoms with Crippen molar-refractivity contribution in [3.05, 3.63) is 65.2 Å². The number of fused-ring (bicyclic) bond motifs is 2. The van der Waals surface area contributed by atoms with Crippen LogP contribution in [0.4, 0.5) is 5.69 Å². The molecule has 4 nitrogen and oxygen atoms in total. The van der Waals surface area contributed by atoms with Crippen LogP contribution in [0.15, 0.2) is 48.5 Å². The average molecular weight is 307 g/mol. The fourth-order valence-corrected chi connectivity index (χ4v) is 3.49. The van der Waals surface area contributed by atoms with Gasteiger partial charge in [0, 0.05) is 22.7 Å². The Hall–Kier alpha value is -2.59. The summed E-state index contributed by atoms with van der Waals surface area (Å²) < 4.78 is 0. The Morgan fingerprint density at radius 1 is 1.17 bits per heavy atom. The van der Waals surface area contributed by atoms with Crippen molar-refractivity contribution in [3.8, 4) is 5.75 Å². The smallest absolute Gasteiger partial charge is 0.256 e. The Morgan fingerprint density at radius 3 is 2.87 bits per heavy atom. The Kier molecular flexibility index (Phi) is 3.20. The highest BCUT2D eigenvalue weighted by Crippen LogP contribution is 2.40. The molecule has 4 heteroatoms. The molecule has 2 aromatic rings. The van der Waals surface area contributed by atoms with Gasteiger partial charge in [0.2, 0.25) is 0 Å². The highest BCUT2D eigenvalue weighted by Gasteiger charge is 2.30.